The van der Waals surface area contributed by atoms with E-state index in [0.29, 0.717) is 45.1 Å². The van der Waals surface area contributed by atoms with Crippen LogP contribution in [0, 0.1) is 11.3 Å². The van der Waals surface area contributed by atoms with Crippen molar-refractivity contribution < 1.29 is 23.1 Å². The van der Waals surface area contributed by atoms with E-state index in [4.69, 9.17) is 4.74 Å². The van der Waals surface area contributed by atoms with Gasteiger partial charge in [-0.05, 0) is 31.6 Å². The van der Waals surface area contributed by atoms with Crippen molar-refractivity contribution in [2.75, 3.05) is 32.8 Å². The van der Waals surface area contributed by atoms with E-state index < -0.39 is 21.6 Å². The Morgan fingerprint density at radius 3 is 2.43 bits per heavy atom. The van der Waals surface area contributed by atoms with Crippen molar-refractivity contribution in [2.45, 2.75) is 32.6 Å². The highest BCUT2D eigenvalue weighted by Gasteiger charge is 2.41. The molecule has 0 radical (unpaired) electrons. The van der Waals surface area contributed by atoms with Crippen LogP contribution in [0.5, 0.6) is 0 Å². The Labute approximate surface area is 125 Å². The van der Waals surface area contributed by atoms with E-state index in [1.807, 2.05) is 0 Å². The summed E-state index contributed by atoms with van der Waals surface area (Å²) in [6, 6.07) is 0. The zero-order valence-corrected chi connectivity index (χ0v) is 13.2. The summed E-state index contributed by atoms with van der Waals surface area (Å²) in [6.45, 7) is 3.75. The first kappa shape index (κ1) is 16.7. The van der Waals surface area contributed by atoms with Gasteiger partial charge in [-0.3, -0.25) is 4.79 Å². The van der Waals surface area contributed by atoms with Gasteiger partial charge in [-0.25, -0.2) is 4.72 Å². The Morgan fingerprint density at radius 2 is 1.90 bits per heavy atom. The number of carbonyl (C=O) groups is 1. The fraction of sp³-hybridized carbons (Fsp3) is 0.923. The number of carboxylic acid groups (broad SMARTS) is 1. The van der Waals surface area contributed by atoms with E-state index in [9.17, 15) is 18.3 Å². The van der Waals surface area contributed by atoms with Crippen LogP contribution in [0.4, 0.5) is 0 Å². The van der Waals surface area contributed by atoms with E-state index in [-0.39, 0.29) is 6.54 Å². The zero-order chi connectivity index (χ0) is 15.5. The van der Waals surface area contributed by atoms with Gasteiger partial charge in [0.2, 0.25) is 0 Å². The van der Waals surface area contributed by atoms with Crippen LogP contribution in [-0.2, 0) is 19.7 Å². The summed E-state index contributed by atoms with van der Waals surface area (Å²) in [4.78, 5) is 11.5. The summed E-state index contributed by atoms with van der Waals surface area (Å²) in [5.41, 5.74) is -1.05. The van der Waals surface area contributed by atoms with Gasteiger partial charge in [0.25, 0.3) is 10.2 Å². The van der Waals surface area contributed by atoms with Gasteiger partial charge in [0.1, 0.15) is 0 Å². The Balaban J connectivity index is 1.98. The predicted octanol–water partition coefficient (Wildman–Crippen LogP) is 0.434. The van der Waals surface area contributed by atoms with Crippen molar-refractivity contribution in [3.8, 4) is 0 Å². The number of hydrogen-bond acceptors (Lipinski definition) is 4. The largest absolute Gasteiger partial charge is 0.481 e. The highest BCUT2D eigenvalue weighted by molar-refractivity contribution is 7.87. The maximum Gasteiger partial charge on any atom is 0.311 e. The number of aliphatic carboxylic acids is 1. The second-order valence-electron chi connectivity index (χ2n) is 6.11. The fourth-order valence-electron chi connectivity index (χ4n) is 2.77. The number of piperidine rings is 1. The average Bonchev–Trinajstić information content (AvgIpc) is 2.46. The third-order valence-corrected chi connectivity index (χ3v) is 6.13. The van der Waals surface area contributed by atoms with Gasteiger partial charge in [0.15, 0.2) is 0 Å². The molecule has 0 aromatic rings. The lowest BCUT2D eigenvalue weighted by atomic mass is 9.80. The van der Waals surface area contributed by atoms with Crippen LogP contribution in [-0.4, -0.2) is 56.6 Å². The first-order chi connectivity index (χ1) is 9.86. The summed E-state index contributed by atoms with van der Waals surface area (Å²) >= 11 is 0. The Hall–Kier alpha value is -0.700. The maximum absolute atomic E-state index is 12.3. The highest BCUT2D eigenvalue weighted by Crippen LogP contribution is 2.30. The summed E-state index contributed by atoms with van der Waals surface area (Å²) in [5, 5.41) is 9.43. The molecule has 2 aliphatic heterocycles. The number of ether oxygens (including phenoxy) is 1. The molecule has 0 aliphatic carbocycles. The molecule has 0 amide bonds. The average molecular weight is 320 g/mol. The molecule has 122 valence electrons. The number of nitrogens with one attached hydrogen (secondary N) is 1. The van der Waals surface area contributed by atoms with E-state index >= 15 is 0 Å². The molecule has 2 fully saturated rings. The van der Waals surface area contributed by atoms with Crippen LogP contribution in [0.15, 0.2) is 0 Å². The lowest BCUT2D eigenvalue weighted by Gasteiger charge is -2.35. The molecule has 2 aliphatic rings. The van der Waals surface area contributed by atoms with Gasteiger partial charge in [0.05, 0.1) is 5.41 Å². The molecule has 0 atom stereocenters. The molecule has 2 N–H and O–H groups in total. The first-order valence-corrected chi connectivity index (χ1v) is 8.86. The third-order valence-electron chi connectivity index (χ3n) is 4.58. The van der Waals surface area contributed by atoms with Gasteiger partial charge in [-0.15, -0.1) is 0 Å². The number of hydrogen-bond donors (Lipinski definition) is 2. The van der Waals surface area contributed by atoms with E-state index in [0.717, 1.165) is 12.8 Å². The van der Waals surface area contributed by atoms with Crippen molar-refractivity contribution in [3.05, 3.63) is 0 Å². The minimum Gasteiger partial charge on any atom is -0.481 e. The summed E-state index contributed by atoms with van der Waals surface area (Å²) in [6.07, 6.45) is 2.36. The minimum absolute atomic E-state index is 0.0694. The Kier molecular flexibility index (Phi) is 5.24. The smallest absolute Gasteiger partial charge is 0.311 e. The lowest BCUT2D eigenvalue weighted by molar-refractivity contribution is -0.154. The van der Waals surface area contributed by atoms with Gasteiger partial charge in [-0.2, -0.15) is 12.7 Å². The SMILES string of the molecule is CC1CCN(S(=O)(=O)NCC2(C(=O)O)CCOCC2)CC1. The lowest BCUT2D eigenvalue weighted by Crippen LogP contribution is -2.51. The van der Waals surface area contributed by atoms with E-state index in [2.05, 4.69) is 11.6 Å². The van der Waals surface area contributed by atoms with Crippen molar-refractivity contribution in [3.63, 3.8) is 0 Å². The van der Waals surface area contributed by atoms with Crippen LogP contribution < -0.4 is 4.72 Å². The number of rotatable bonds is 5. The standard InChI is InChI=1S/C13H24N2O5S/c1-11-2-6-15(7-3-11)21(18,19)14-10-13(12(16)17)4-8-20-9-5-13/h11,14H,2-10H2,1H3,(H,16,17). The Morgan fingerprint density at radius 1 is 1.33 bits per heavy atom. The molecular weight excluding hydrogens is 296 g/mol. The predicted molar refractivity (Wildman–Crippen MR) is 77.0 cm³/mol. The topological polar surface area (TPSA) is 95.9 Å². The van der Waals surface area contributed by atoms with Crippen LogP contribution in [0.3, 0.4) is 0 Å². The second kappa shape index (κ2) is 6.60. The quantitative estimate of drug-likeness (QED) is 0.766. The fourth-order valence-corrected chi connectivity index (χ4v) is 4.11. The van der Waals surface area contributed by atoms with Crippen LogP contribution in [0.1, 0.15) is 32.6 Å². The molecule has 8 heteroatoms. The molecule has 0 spiro atoms. The maximum atomic E-state index is 12.3. The number of nitrogens with zero attached hydrogens (tertiary/aromatic N) is 1. The van der Waals surface area contributed by atoms with Gasteiger partial charge in [-0.1, -0.05) is 6.92 Å². The third kappa shape index (κ3) is 3.94. The first-order valence-electron chi connectivity index (χ1n) is 7.42. The van der Waals surface area contributed by atoms with Crippen LogP contribution in [0.2, 0.25) is 0 Å². The molecular formula is C13H24N2O5S. The van der Waals surface area contributed by atoms with Crippen molar-refractivity contribution in [1.82, 2.24) is 9.03 Å². The molecule has 0 aromatic heterocycles. The molecule has 0 bridgehead atoms. The molecule has 0 unspecified atom stereocenters. The molecule has 2 rings (SSSR count). The molecule has 0 saturated carbocycles. The van der Waals surface area contributed by atoms with Crippen molar-refractivity contribution in [2.24, 2.45) is 11.3 Å². The molecule has 2 saturated heterocycles. The van der Waals surface area contributed by atoms with Gasteiger partial charge < -0.3 is 9.84 Å². The van der Waals surface area contributed by atoms with Crippen molar-refractivity contribution in [1.29, 1.82) is 0 Å². The summed E-state index contributed by atoms with van der Waals surface area (Å²) in [5.74, 6) is -0.418. The molecule has 0 aromatic carbocycles. The van der Waals surface area contributed by atoms with E-state index in [1.54, 1.807) is 0 Å². The number of carboxylic acids is 1. The van der Waals surface area contributed by atoms with E-state index in [1.165, 1.54) is 4.31 Å². The highest BCUT2D eigenvalue weighted by atomic mass is 32.2. The van der Waals surface area contributed by atoms with Crippen molar-refractivity contribution >= 4 is 16.2 Å². The van der Waals surface area contributed by atoms with Crippen LogP contribution in [0.25, 0.3) is 0 Å². The van der Waals surface area contributed by atoms with Gasteiger partial charge in [0, 0.05) is 32.8 Å². The normalized spacial score (nSPS) is 24.8. The summed E-state index contributed by atoms with van der Waals surface area (Å²) in [7, 11) is -3.60. The Bertz CT molecular complexity index is 465. The molecule has 7 nitrogen and oxygen atoms in total. The minimum atomic E-state index is -3.60. The molecule has 2 heterocycles. The second-order valence-corrected chi connectivity index (χ2v) is 7.86. The summed E-state index contributed by atoms with van der Waals surface area (Å²) < 4.78 is 33.7. The zero-order valence-electron chi connectivity index (χ0n) is 12.4. The van der Waals surface area contributed by atoms with Crippen LogP contribution >= 0.6 is 0 Å². The van der Waals surface area contributed by atoms with Gasteiger partial charge >= 0.3 is 5.97 Å². The monoisotopic (exact) mass is 320 g/mol. The molecule has 21 heavy (non-hydrogen) atoms.